The Morgan fingerprint density at radius 3 is 2.56 bits per heavy atom. The Balaban J connectivity index is 1.98. The number of hydrogen-bond acceptors (Lipinski definition) is 6. The summed E-state index contributed by atoms with van der Waals surface area (Å²) in [5, 5.41) is 17.0. The number of amides is 1. The molecule has 0 aliphatic carbocycles. The number of thiazole rings is 1. The summed E-state index contributed by atoms with van der Waals surface area (Å²) in [6, 6.07) is 7.80. The molecule has 0 bridgehead atoms. The van der Waals surface area contributed by atoms with E-state index in [0.717, 1.165) is 25.8 Å². The Hall–Kier alpha value is -2.52. The van der Waals surface area contributed by atoms with Crippen molar-refractivity contribution >= 4 is 38.3 Å². The first-order valence-electron chi connectivity index (χ1n) is 7.20. The zero-order valence-electron chi connectivity index (χ0n) is 13.3. The predicted octanol–water partition coefficient (Wildman–Crippen LogP) is 3.03. The maximum Gasteiger partial charge on any atom is 0.281 e. The summed E-state index contributed by atoms with van der Waals surface area (Å²) in [6.45, 7) is 3.73. The van der Waals surface area contributed by atoms with Gasteiger partial charge in [0.05, 0.1) is 11.4 Å². The first-order valence-corrected chi connectivity index (χ1v) is 8.81. The molecular formula is C16H13BrN4O3S. The zero-order valence-corrected chi connectivity index (χ0v) is 15.7. The monoisotopic (exact) mass is 420 g/mol. The van der Waals surface area contributed by atoms with E-state index in [9.17, 15) is 14.7 Å². The molecule has 0 spiro atoms. The van der Waals surface area contributed by atoms with Crippen LogP contribution in [0.5, 0.6) is 5.75 Å². The van der Waals surface area contributed by atoms with Crippen LogP contribution < -0.4 is 10.9 Å². The fourth-order valence-electron chi connectivity index (χ4n) is 2.06. The van der Waals surface area contributed by atoms with Crippen LogP contribution in [0.1, 0.15) is 21.1 Å². The molecule has 1 aromatic carbocycles. The lowest BCUT2D eigenvalue weighted by atomic mass is 10.3. The number of benzene rings is 1. The molecule has 0 radical (unpaired) electrons. The summed E-state index contributed by atoms with van der Waals surface area (Å²) in [5.74, 6) is -1.13. The first-order chi connectivity index (χ1) is 11.8. The number of anilines is 1. The Bertz CT molecular complexity index is 992. The molecule has 1 amide bonds. The molecule has 0 atom stereocenters. The van der Waals surface area contributed by atoms with Gasteiger partial charge in [-0.3, -0.25) is 14.9 Å². The van der Waals surface area contributed by atoms with Gasteiger partial charge in [0.25, 0.3) is 11.5 Å². The van der Waals surface area contributed by atoms with E-state index in [1.54, 1.807) is 24.3 Å². The number of aromatic nitrogens is 3. The fourth-order valence-corrected chi connectivity index (χ4v) is 3.13. The molecule has 25 heavy (non-hydrogen) atoms. The second-order valence-electron chi connectivity index (χ2n) is 5.22. The predicted molar refractivity (Wildman–Crippen MR) is 98.7 cm³/mol. The van der Waals surface area contributed by atoms with Gasteiger partial charge in [-0.25, -0.2) is 4.98 Å². The smallest absolute Gasteiger partial charge is 0.281 e. The van der Waals surface area contributed by atoms with E-state index in [-0.39, 0.29) is 5.69 Å². The van der Waals surface area contributed by atoms with E-state index >= 15 is 0 Å². The summed E-state index contributed by atoms with van der Waals surface area (Å²) in [7, 11) is 0. The molecule has 0 unspecified atom stereocenters. The molecule has 0 fully saturated rings. The number of rotatable bonds is 3. The first kappa shape index (κ1) is 17.3. The molecule has 0 saturated carbocycles. The Labute approximate surface area is 155 Å². The van der Waals surface area contributed by atoms with Crippen molar-refractivity contribution in [3.8, 4) is 11.4 Å². The van der Waals surface area contributed by atoms with Gasteiger partial charge in [-0.1, -0.05) is 15.9 Å². The van der Waals surface area contributed by atoms with Gasteiger partial charge < -0.3 is 5.11 Å². The molecule has 128 valence electrons. The van der Waals surface area contributed by atoms with Crippen molar-refractivity contribution in [3.63, 3.8) is 0 Å². The zero-order chi connectivity index (χ0) is 18.1. The molecule has 0 aliphatic rings. The summed E-state index contributed by atoms with van der Waals surface area (Å²) < 4.78 is 1.90. The van der Waals surface area contributed by atoms with Gasteiger partial charge >= 0.3 is 0 Å². The third-order valence-electron chi connectivity index (χ3n) is 3.45. The molecule has 9 heteroatoms. The van der Waals surface area contributed by atoms with E-state index in [1.807, 2.05) is 13.8 Å². The molecule has 3 aromatic rings. The van der Waals surface area contributed by atoms with Gasteiger partial charge in [0.2, 0.25) is 0 Å². The minimum atomic E-state index is -0.642. The lowest BCUT2D eigenvalue weighted by molar-refractivity contribution is 0.101. The summed E-state index contributed by atoms with van der Waals surface area (Å²) >= 11 is 4.64. The van der Waals surface area contributed by atoms with Gasteiger partial charge in [-0.05, 0) is 38.1 Å². The number of aromatic hydroxyl groups is 1. The van der Waals surface area contributed by atoms with E-state index in [4.69, 9.17) is 0 Å². The van der Waals surface area contributed by atoms with E-state index < -0.39 is 17.2 Å². The molecule has 2 N–H and O–H groups in total. The normalized spacial score (nSPS) is 10.7. The highest BCUT2D eigenvalue weighted by Crippen LogP contribution is 2.22. The topological polar surface area (TPSA) is 97.1 Å². The minimum absolute atomic E-state index is 0.256. The van der Waals surface area contributed by atoms with Crippen LogP contribution in [0.15, 0.2) is 39.6 Å². The highest BCUT2D eigenvalue weighted by Gasteiger charge is 2.18. The second-order valence-corrected chi connectivity index (χ2v) is 7.34. The van der Waals surface area contributed by atoms with Gasteiger partial charge in [-0.2, -0.15) is 9.78 Å². The average molecular weight is 421 g/mol. The number of hydrogen-bond donors (Lipinski definition) is 2. The van der Waals surface area contributed by atoms with Crippen molar-refractivity contribution in [2.24, 2.45) is 0 Å². The van der Waals surface area contributed by atoms with Crippen LogP contribution in [0.4, 0.5) is 5.13 Å². The summed E-state index contributed by atoms with van der Waals surface area (Å²) in [6.07, 6.45) is 0. The van der Waals surface area contributed by atoms with Crippen LogP contribution in [0.3, 0.4) is 0 Å². The third kappa shape index (κ3) is 3.62. The van der Waals surface area contributed by atoms with Gasteiger partial charge in [-0.15, -0.1) is 11.3 Å². The van der Waals surface area contributed by atoms with E-state index in [0.29, 0.717) is 10.8 Å². The largest absolute Gasteiger partial charge is 0.505 e. The number of aryl methyl sites for hydroxylation is 2. The third-order valence-corrected chi connectivity index (χ3v) is 4.96. The van der Waals surface area contributed by atoms with Crippen LogP contribution in [-0.4, -0.2) is 25.8 Å². The molecule has 3 rings (SSSR count). The SMILES string of the molecule is Cc1nc(NC(=O)c2nn(-c3ccc(Br)cc3)c(=O)cc2O)sc1C. The van der Waals surface area contributed by atoms with E-state index in [2.05, 4.69) is 31.3 Å². The maximum atomic E-state index is 12.4. The Morgan fingerprint density at radius 1 is 1.28 bits per heavy atom. The van der Waals surface area contributed by atoms with Crippen LogP contribution in [0.25, 0.3) is 5.69 Å². The standard InChI is InChI=1S/C16H13BrN4O3S/c1-8-9(2)25-16(18-8)19-15(24)14-12(22)7-13(23)21(20-14)11-5-3-10(17)4-6-11/h3-7,22H,1-2H3,(H,18,19,24). The van der Waals surface area contributed by atoms with Gasteiger partial charge in [0.1, 0.15) is 0 Å². The van der Waals surface area contributed by atoms with Crippen molar-refractivity contribution in [1.29, 1.82) is 0 Å². The van der Waals surface area contributed by atoms with Crippen molar-refractivity contribution in [1.82, 2.24) is 14.8 Å². The fraction of sp³-hybridized carbons (Fsp3) is 0.125. The van der Waals surface area contributed by atoms with E-state index in [1.165, 1.54) is 11.3 Å². The summed E-state index contributed by atoms with van der Waals surface area (Å²) in [4.78, 5) is 29.7. The van der Waals surface area contributed by atoms with Crippen LogP contribution in [0, 0.1) is 13.8 Å². The summed E-state index contributed by atoms with van der Waals surface area (Å²) in [5.41, 5.74) is 0.492. The van der Waals surface area contributed by atoms with Crippen LogP contribution in [-0.2, 0) is 0 Å². The molecule has 0 saturated heterocycles. The average Bonchev–Trinajstić information content (AvgIpc) is 2.86. The Morgan fingerprint density at radius 2 is 1.96 bits per heavy atom. The lowest BCUT2D eigenvalue weighted by Gasteiger charge is -2.08. The second kappa shape index (κ2) is 6.77. The Kier molecular flexibility index (Phi) is 4.69. The number of nitrogens with one attached hydrogen (secondary N) is 1. The van der Waals surface area contributed by atoms with Gasteiger partial charge in [0.15, 0.2) is 16.6 Å². The van der Waals surface area contributed by atoms with Crippen molar-refractivity contribution in [3.05, 3.63) is 61.4 Å². The molecular weight excluding hydrogens is 408 g/mol. The van der Waals surface area contributed by atoms with Crippen molar-refractivity contribution in [2.45, 2.75) is 13.8 Å². The highest BCUT2D eigenvalue weighted by molar-refractivity contribution is 9.10. The van der Waals surface area contributed by atoms with Crippen molar-refractivity contribution in [2.75, 3.05) is 5.32 Å². The number of halogens is 1. The van der Waals surface area contributed by atoms with Crippen LogP contribution in [0.2, 0.25) is 0 Å². The highest BCUT2D eigenvalue weighted by atomic mass is 79.9. The molecule has 7 nitrogen and oxygen atoms in total. The van der Waals surface area contributed by atoms with Gasteiger partial charge in [0, 0.05) is 15.4 Å². The maximum absolute atomic E-state index is 12.4. The van der Waals surface area contributed by atoms with Crippen LogP contribution >= 0.6 is 27.3 Å². The molecule has 2 aromatic heterocycles. The molecule has 2 heterocycles. The number of nitrogens with zero attached hydrogens (tertiary/aromatic N) is 3. The molecule has 0 aliphatic heterocycles. The van der Waals surface area contributed by atoms with Crippen molar-refractivity contribution < 1.29 is 9.90 Å². The lowest BCUT2D eigenvalue weighted by Crippen LogP contribution is -2.25. The number of carbonyl (C=O) groups excluding carboxylic acids is 1. The minimum Gasteiger partial charge on any atom is -0.505 e. The quantitative estimate of drug-likeness (QED) is 0.678. The number of carbonyl (C=O) groups is 1.